The molecule has 1 aliphatic rings. The van der Waals surface area contributed by atoms with Crippen molar-refractivity contribution in [2.75, 3.05) is 6.61 Å². The zero-order valence-electron chi connectivity index (χ0n) is 11.6. The second-order valence-electron chi connectivity index (χ2n) is 5.19. The van der Waals surface area contributed by atoms with Crippen molar-refractivity contribution < 1.29 is 27.2 Å². The summed E-state index contributed by atoms with van der Waals surface area (Å²) in [6.07, 6.45) is -3.65. The number of hydrogen-bond donors (Lipinski definition) is 1. The van der Waals surface area contributed by atoms with E-state index in [9.17, 15) is 18.0 Å². The number of ether oxygens (including phenoxy) is 1. The highest BCUT2D eigenvalue weighted by Crippen LogP contribution is 2.29. The summed E-state index contributed by atoms with van der Waals surface area (Å²) in [6, 6.07) is -0.998. The fraction of sp³-hybridized carbons (Fsp3) is 0.750. The van der Waals surface area contributed by atoms with Gasteiger partial charge in [-0.2, -0.15) is 18.2 Å². The average molecular weight is 307 g/mol. The summed E-state index contributed by atoms with van der Waals surface area (Å²) < 4.78 is 47.4. The number of rotatable bonds is 4. The molecule has 1 N–H and O–H groups in total. The standard InChI is InChI=1S/C12H16F3N3O3/c1-6(2)8(16-11(19)12(13,14)15)10-17-9(18-21-10)7-4-3-5-20-7/h6-8H,3-5H2,1-2H3,(H,16,19)/t7-,8+/m1/s1. The summed E-state index contributed by atoms with van der Waals surface area (Å²) in [6.45, 7) is 3.89. The van der Waals surface area contributed by atoms with E-state index in [-0.39, 0.29) is 17.9 Å². The van der Waals surface area contributed by atoms with Crippen LogP contribution in [0.15, 0.2) is 4.52 Å². The van der Waals surface area contributed by atoms with Crippen molar-refractivity contribution in [2.45, 2.75) is 45.0 Å². The minimum atomic E-state index is -4.95. The van der Waals surface area contributed by atoms with Crippen LogP contribution in [0.4, 0.5) is 13.2 Å². The molecule has 0 aromatic carbocycles. The molecule has 0 unspecified atom stereocenters. The summed E-state index contributed by atoms with van der Waals surface area (Å²) in [4.78, 5) is 15.1. The third-order valence-corrected chi connectivity index (χ3v) is 3.15. The predicted octanol–water partition coefficient (Wildman–Crippen LogP) is 2.30. The monoisotopic (exact) mass is 307 g/mol. The van der Waals surface area contributed by atoms with Gasteiger partial charge in [-0.3, -0.25) is 4.79 Å². The first kappa shape index (κ1) is 15.7. The van der Waals surface area contributed by atoms with Gasteiger partial charge in [0.2, 0.25) is 11.7 Å². The second-order valence-corrected chi connectivity index (χ2v) is 5.19. The van der Waals surface area contributed by atoms with E-state index in [1.807, 2.05) is 5.32 Å². The number of nitrogens with one attached hydrogen (secondary N) is 1. The normalized spacial score (nSPS) is 20.8. The minimum Gasteiger partial charge on any atom is -0.370 e. The van der Waals surface area contributed by atoms with E-state index in [2.05, 4.69) is 10.1 Å². The lowest BCUT2D eigenvalue weighted by Crippen LogP contribution is -2.41. The molecular weight excluding hydrogens is 291 g/mol. The van der Waals surface area contributed by atoms with Crippen LogP contribution in [0.25, 0.3) is 0 Å². The fourth-order valence-electron chi connectivity index (χ4n) is 2.02. The Balaban J connectivity index is 2.13. The third kappa shape index (κ3) is 3.72. The molecule has 2 heterocycles. The zero-order chi connectivity index (χ0) is 15.6. The predicted molar refractivity (Wildman–Crippen MR) is 64.0 cm³/mol. The maximum Gasteiger partial charge on any atom is 0.471 e. The molecule has 1 aromatic rings. The Hall–Kier alpha value is -1.64. The molecule has 9 heteroatoms. The average Bonchev–Trinajstić information content (AvgIpc) is 3.04. The Morgan fingerprint density at radius 2 is 2.14 bits per heavy atom. The molecule has 0 spiro atoms. The maximum atomic E-state index is 12.3. The molecule has 1 amide bonds. The molecule has 21 heavy (non-hydrogen) atoms. The first-order chi connectivity index (χ1) is 9.79. The number of amides is 1. The van der Waals surface area contributed by atoms with Crippen molar-refractivity contribution in [1.29, 1.82) is 0 Å². The lowest BCUT2D eigenvalue weighted by molar-refractivity contribution is -0.175. The molecule has 1 aliphatic heterocycles. The number of hydrogen-bond acceptors (Lipinski definition) is 5. The van der Waals surface area contributed by atoms with Gasteiger partial charge in [-0.15, -0.1) is 0 Å². The molecule has 0 aliphatic carbocycles. The van der Waals surface area contributed by atoms with E-state index in [1.165, 1.54) is 0 Å². The van der Waals surface area contributed by atoms with Crippen LogP contribution in [0, 0.1) is 5.92 Å². The van der Waals surface area contributed by atoms with Crippen LogP contribution in [-0.4, -0.2) is 28.8 Å². The first-order valence-electron chi connectivity index (χ1n) is 6.62. The van der Waals surface area contributed by atoms with Crippen molar-refractivity contribution in [1.82, 2.24) is 15.5 Å². The smallest absolute Gasteiger partial charge is 0.370 e. The minimum absolute atomic E-state index is 0.0481. The fourth-order valence-corrected chi connectivity index (χ4v) is 2.02. The van der Waals surface area contributed by atoms with Gasteiger partial charge in [-0.25, -0.2) is 0 Å². The van der Waals surface area contributed by atoms with Gasteiger partial charge in [-0.1, -0.05) is 19.0 Å². The van der Waals surface area contributed by atoms with Crippen molar-refractivity contribution in [3.05, 3.63) is 11.7 Å². The summed E-state index contributed by atoms with van der Waals surface area (Å²) in [5, 5.41) is 5.60. The highest BCUT2D eigenvalue weighted by Gasteiger charge is 2.41. The summed E-state index contributed by atoms with van der Waals surface area (Å²) in [5.41, 5.74) is 0. The van der Waals surface area contributed by atoms with Gasteiger partial charge >= 0.3 is 12.1 Å². The van der Waals surface area contributed by atoms with Gasteiger partial charge in [0.25, 0.3) is 0 Å². The summed E-state index contributed by atoms with van der Waals surface area (Å²) in [5.74, 6) is -2.12. The molecule has 118 valence electrons. The number of aromatic nitrogens is 2. The van der Waals surface area contributed by atoms with Gasteiger partial charge in [-0.05, 0) is 18.8 Å². The van der Waals surface area contributed by atoms with Crippen LogP contribution >= 0.6 is 0 Å². The molecule has 1 aromatic heterocycles. The van der Waals surface area contributed by atoms with Crippen molar-refractivity contribution in [3.8, 4) is 0 Å². The largest absolute Gasteiger partial charge is 0.471 e. The van der Waals surface area contributed by atoms with E-state index >= 15 is 0 Å². The Kier molecular flexibility index (Phi) is 4.50. The van der Waals surface area contributed by atoms with Gasteiger partial charge in [0.15, 0.2) is 0 Å². The topological polar surface area (TPSA) is 77.2 Å². The van der Waals surface area contributed by atoms with Crippen LogP contribution in [0.2, 0.25) is 0 Å². The number of carbonyl (C=O) groups excluding carboxylic acids is 1. The van der Waals surface area contributed by atoms with Gasteiger partial charge in [0, 0.05) is 6.61 Å². The Morgan fingerprint density at radius 1 is 1.43 bits per heavy atom. The van der Waals surface area contributed by atoms with Gasteiger partial charge in [0.05, 0.1) is 0 Å². The molecule has 0 radical (unpaired) electrons. The van der Waals surface area contributed by atoms with E-state index < -0.39 is 18.1 Å². The first-order valence-corrected chi connectivity index (χ1v) is 6.62. The number of nitrogens with zero attached hydrogens (tertiary/aromatic N) is 2. The van der Waals surface area contributed by atoms with Crippen LogP contribution in [0.1, 0.15) is 50.6 Å². The van der Waals surface area contributed by atoms with Crippen LogP contribution in [0.3, 0.4) is 0 Å². The van der Waals surface area contributed by atoms with Crippen molar-refractivity contribution >= 4 is 5.91 Å². The third-order valence-electron chi connectivity index (χ3n) is 3.15. The zero-order valence-corrected chi connectivity index (χ0v) is 11.6. The van der Waals surface area contributed by atoms with Gasteiger partial charge < -0.3 is 14.6 Å². The number of halogens is 3. The highest BCUT2D eigenvalue weighted by atomic mass is 19.4. The van der Waals surface area contributed by atoms with Crippen LogP contribution in [-0.2, 0) is 9.53 Å². The van der Waals surface area contributed by atoms with Crippen LogP contribution < -0.4 is 5.32 Å². The molecule has 2 rings (SSSR count). The maximum absolute atomic E-state index is 12.3. The van der Waals surface area contributed by atoms with Gasteiger partial charge in [0.1, 0.15) is 12.1 Å². The molecular formula is C12H16F3N3O3. The molecule has 0 saturated carbocycles. The lowest BCUT2D eigenvalue weighted by atomic mass is 10.0. The second kappa shape index (κ2) is 6.00. The van der Waals surface area contributed by atoms with E-state index in [0.29, 0.717) is 12.4 Å². The van der Waals surface area contributed by atoms with E-state index in [4.69, 9.17) is 9.26 Å². The number of alkyl halides is 3. The molecule has 1 fully saturated rings. The molecule has 2 atom stereocenters. The lowest BCUT2D eigenvalue weighted by Gasteiger charge is -2.19. The van der Waals surface area contributed by atoms with Crippen molar-refractivity contribution in [3.63, 3.8) is 0 Å². The Bertz CT molecular complexity index is 495. The van der Waals surface area contributed by atoms with Crippen molar-refractivity contribution in [2.24, 2.45) is 5.92 Å². The highest BCUT2D eigenvalue weighted by molar-refractivity contribution is 5.82. The molecule has 6 nitrogen and oxygen atoms in total. The molecule has 1 saturated heterocycles. The molecule has 0 bridgehead atoms. The van der Waals surface area contributed by atoms with E-state index in [0.717, 1.165) is 12.8 Å². The Labute approximate surface area is 119 Å². The SMILES string of the molecule is CC(C)[C@H](NC(=O)C(F)(F)F)c1nc([C@H]2CCCO2)no1. The Morgan fingerprint density at radius 3 is 2.67 bits per heavy atom. The quantitative estimate of drug-likeness (QED) is 0.923. The summed E-state index contributed by atoms with van der Waals surface area (Å²) in [7, 11) is 0. The summed E-state index contributed by atoms with van der Waals surface area (Å²) >= 11 is 0. The number of carbonyl (C=O) groups is 1. The van der Waals surface area contributed by atoms with E-state index in [1.54, 1.807) is 13.8 Å². The van der Waals surface area contributed by atoms with Crippen LogP contribution in [0.5, 0.6) is 0 Å².